The van der Waals surface area contributed by atoms with Crippen LogP contribution in [0.4, 0.5) is 17.5 Å². The van der Waals surface area contributed by atoms with Gasteiger partial charge in [0.1, 0.15) is 5.82 Å². The van der Waals surface area contributed by atoms with Gasteiger partial charge in [0.05, 0.1) is 18.1 Å². The van der Waals surface area contributed by atoms with Crippen LogP contribution in [-0.4, -0.2) is 21.6 Å². The summed E-state index contributed by atoms with van der Waals surface area (Å²) in [6.45, 7) is 0.398. The van der Waals surface area contributed by atoms with Gasteiger partial charge in [-0.05, 0) is 41.5 Å². The van der Waals surface area contributed by atoms with Crippen LogP contribution in [0.15, 0.2) is 54.6 Å². The molecule has 5 N–H and O–H groups in total. The number of carbonyl (C=O) groups is 1. The van der Waals surface area contributed by atoms with E-state index in [2.05, 4.69) is 15.3 Å². The van der Waals surface area contributed by atoms with Crippen molar-refractivity contribution in [3.63, 3.8) is 0 Å². The second kappa shape index (κ2) is 9.41. The molecule has 0 unspecified atom stereocenters. The Bertz CT molecular complexity index is 1030. The van der Waals surface area contributed by atoms with E-state index in [4.69, 9.17) is 34.7 Å². The van der Waals surface area contributed by atoms with Crippen LogP contribution in [-0.2, 0) is 11.3 Å². The summed E-state index contributed by atoms with van der Waals surface area (Å²) in [7, 11) is 0. The van der Waals surface area contributed by atoms with Gasteiger partial charge >= 0.3 is 0 Å². The number of carbonyl (C=O) groups excluding carboxylic acids is 1. The molecule has 0 amide bonds. The number of rotatable bonds is 7. The first-order valence-corrected chi connectivity index (χ1v) is 9.66. The van der Waals surface area contributed by atoms with E-state index in [0.29, 0.717) is 28.6 Å². The summed E-state index contributed by atoms with van der Waals surface area (Å²) < 4.78 is 0. The van der Waals surface area contributed by atoms with Crippen molar-refractivity contribution in [2.24, 2.45) is 0 Å². The number of nitrogen functional groups attached to an aromatic ring is 2. The van der Waals surface area contributed by atoms with Gasteiger partial charge in [-0.15, -0.1) is 11.6 Å². The van der Waals surface area contributed by atoms with Crippen LogP contribution < -0.4 is 16.8 Å². The monoisotopic (exact) mass is 427 g/mol. The second-order valence-corrected chi connectivity index (χ2v) is 6.91. The molecule has 1 heterocycles. The lowest BCUT2D eigenvalue weighted by Crippen LogP contribution is -2.10. The van der Waals surface area contributed by atoms with E-state index in [9.17, 15) is 4.79 Å². The molecule has 0 spiro atoms. The molecule has 2 aromatic carbocycles. The van der Waals surface area contributed by atoms with Gasteiger partial charge in [0.25, 0.3) is 0 Å². The molecule has 0 saturated carbocycles. The first-order chi connectivity index (χ1) is 14.0. The minimum Gasteiger partial charge on any atom is -0.383 e. The molecule has 0 saturated heterocycles. The average Bonchev–Trinajstić information content (AvgIpc) is 2.72. The van der Waals surface area contributed by atoms with Crippen LogP contribution >= 0.6 is 23.2 Å². The summed E-state index contributed by atoms with van der Waals surface area (Å²) in [6.07, 6.45) is 3.18. The first-order valence-electron chi connectivity index (χ1n) is 8.75. The summed E-state index contributed by atoms with van der Waals surface area (Å²) in [6, 6.07) is 14.9. The molecule has 0 radical (unpaired) electrons. The van der Waals surface area contributed by atoms with E-state index in [-0.39, 0.29) is 17.6 Å². The van der Waals surface area contributed by atoms with Gasteiger partial charge in [0.2, 0.25) is 5.95 Å². The van der Waals surface area contributed by atoms with Gasteiger partial charge in [0.15, 0.2) is 5.78 Å². The Hall–Kier alpha value is -3.09. The average molecular weight is 428 g/mol. The Morgan fingerprint density at radius 1 is 1.03 bits per heavy atom. The molecule has 29 heavy (non-hydrogen) atoms. The maximum atomic E-state index is 11.3. The zero-order chi connectivity index (χ0) is 20.8. The Kier molecular flexibility index (Phi) is 6.69. The number of ketones is 1. The lowest BCUT2D eigenvalue weighted by Gasteiger charge is -2.14. The van der Waals surface area contributed by atoms with Crippen molar-refractivity contribution in [1.29, 1.82) is 0 Å². The summed E-state index contributed by atoms with van der Waals surface area (Å²) in [5, 5.41) is 3.93. The van der Waals surface area contributed by atoms with Crippen molar-refractivity contribution in [3.8, 4) is 11.1 Å². The van der Waals surface area contributed by atoms with Crippen LogP contribution in [0.1, 0.15) is 11.3 Å². The van der Waals surface area contributed by atoms with Crippen molar-refractivity contribution >= 4 is 52.5 Å². The molecule has 3 rings (SSSR count). The number of alkyl halides is 1. The number of nitrogens with zero attached hydrogens (tertiary/aromatic N) is 2. The highest BCUT2D eigenvalue weighted by Gasteiger charge is 2.13. The molecule has 0 aliphatic heterocycles. The summed E-state index contributed by atoms with van der Waals surface area (Å²) >= 11 is 11.5. The fourth-order valence-corrected chi connectivity index (χ4v) is 2.95. The van der Waals surface area contributed by atoms with Gasteiger partial charge in [-0.3, -0.25) is 4.79 Å². The zero-order valence-electron chi connectivity index (χ0n) is 15.4. The summed E-state index contributed by atoms with van der Waals surface area (Å²) in [4.78, 5) is 19.7. The standard InChI is InChI=1S/C21H19Cl2N5O/c22-11-17(29)10-3-13-1-8-16(9-2-13)26-12-18-19(20(24)28-21(25)27-18)14-4-6-15(23)7-5-14/h1-10,26H,11-12H2,(H4,24,25,27,28). The van der Waals surface area contributed by atoms with Crippen LogP contribution in [0.5, 0.6) is 0 Å². The van der Waals surface area contributed by atoms with Gasteiger partial charge in [0, 0.05) is 16.3 Å². The highest BCUT2D eigenvalue weighted by molar-refractivity contribution is 6.30. The Morgan fingerprint density at radius 3 is 2.38 bits per heavy atom. The Labute approximate surface area is 178 Å². The topological polar surface area (TPSA) is 107 Å². The van der Waals surface area contributed by atoms with Crippen LogP contribution in [0, 0.1) is 0 Å². The van der Waals surface area contributed by atoms with Crippen LogP contribution in [0.3, 0.4) is 0 Å². The number of hydrogen-bond donors (Lipinski definition) is 3. The molecular weight excluding hydrogens is 409 g/mol. The number of nitrogens with one attached hydrogen (secondary N) is 1. The molecule has 3 aromatic rings. The van der Waals surface area contributed by atoms with E-state index in [0.717, 1.165) is 16.8 Å². The number of allylic oxidation sites excluding steroid dienone is 1. The van der Waals surface area contributed by atoms with E-state index >= 15 is 0 Å². The Morgan fingerprint density at radius 2 is 1.72 bits per heavy atom. The normalized spacial score (nSPS) is 11.0. The van der Waals surface area contributed by atoms with Gasteiger partial charge < -0.3 is 16.8 Å². The molecule has 0 bridgehead atoms. The predicted octanol–water partition coefficient (Wildman–Crippen LogP) is 4.39. The third-order valence-electron chi connectivity index (χ3n) is 4.13. The number of aromatic nitrogens is 2. The van der Waals surface area contributed by atoms with E-state index < -0.39 is 0 Å². The summed E-state index contributed by atoms with van der Waals surface area (Å²) in [5.74, 6) is 0.252. The smallest absolute Gasteiger partial charge is 0.222 e. The molecule has 8 heteroatoms. The lowest BCUT2D eigenvalue weighted by molar-refractivity contribution is -0.112. The highest BCUT2D eigenvalue weighted by atomic mass is 35.5. The van der Waals surface area contributed by atoms with Crippen molar-refractivity contribution in [2.75, 3.05) is 22.7 Å². The molecular formula is C21H19Cl2N5O. The van der Waals surface area contributed by atoms with Crippen molar-refractivity contribution in [2.45, 2.75) is 6.54 Å². The molecule has 6 nitrogen and oxygen atoms in total. The van der Waals surface area contributed by atoms with E-state index in [1.165, 1.54) is 6.08 Å². The molecule has 0 fully saturated rings. The fourth-order valence-electron chi connectivity index (χ4n) is 2.74. The zero-order valence-corrected chi connectivity index (χ0v) is 16.9. The van der Waals surface area contributed by atoms with Gasteiger partial charge in [-0.2, -0.15) is 4.98 Å². The van der Waals surface area contributed by atoms with Crippen LogP contribution in [0.2, 0.25) is 5.02 Å². The second-order valence-electron chi connectivity index (χ2n) is 6.20. The van der Waals surface area contributed by atoms with Gasteiger partial charge in [-0.25, -0.2) is 4.98 Å². The molecule has 1 aromatic heterocycles. The minimum absolute atomic E-state index is 0.0305. The number of nitrogens with two attached hydrogens (primary N) is 2. The number of hydrogen-bond acceptors (Lipinski definition) is 6. The Balaban J connectivity index is 1.79. The SMILES string of the molecule is Nc1nc(N)c(-c2ccc(Cl)cc2)c(CNc2ccc(C=CC(=O)CCl)cc2)n1. The lowest BCUT2D eigenvalue weighted by atomic mass is 10.0. The number of benzene rings is 2. The summed E-state index contributed by atoms with van der Waals surface area (Å²) in [5.41, 5.74) is 15.9. The molecule has 0 aliphatic rings. The first kappa shape index (κ1) is 20.6. The highest BCUT2D eigenvalue weighted by Crippen LogP contribution is 2.30. The van der Waals surface area contributed by atoms with E-state index in [1.54, 1.807) is 18.2 Å². The predicted molar refractivity (Wildman–Crippen MR) is 120 cm³/mol. The molecule has 0 aliphatic carbocycles. The third kappa shape index (κ3) is 5.47. The fraction of sp³-hybridized carbons (Fsp3) is 0.0952. The van der Waals surface area contributed by atoms with Gasteiger partial charge in [-0.1, -0.05) is 41.9 Å². The largest absolute Gasteiger partial charge is 0.383 e. The molecule has 0 atom stereocenters. The maximum Gasteiger partial charge on any atom is 0.222 e. The quantitative estimate of drug-likeness (QED) is 0.381. The molecule has 148 valence electrons. The van der Waals surface area contributed by atoms with Crippen molar-refractivity contribution in [3.05, 3.63) is 70.9 Å². The number of anilines is 3. The van der Waals surface area contributed by atoms with Crippen molar-refractivity contribution < 1.29 is 4.79 Å². The number of halogens is 2. The minimum atomic E-state index is -0.137. The van der Waals surface area contributed by atoms with Crippen LogP contribution in [0.25, 0.3) is 17.2 Å². The third-order valence-corrected chi connectivity index (χ3v) is 4.64. The maximum absolute atomic E-state index is 11.3. The van der Waals surface area contributed by atoms with Crippen molar-refractivity contribution in [1.82, 2.24) is 9.97 Å². The van der Waals surface area contributed by atoms with E-state index in [1.807, 2.05) is 36.4 Å².